The smallest absolute Gasteiger partial charge is 0.249 e. The molecule has 2 aromatic rings. The molecule has 1 atom stereocenters. The summed E-state index contributed by atoms with van der Waals surface area (Å²) in [5.41, 5.74) is 0.899. The number of benzene rings is 1. The van der Waals surface area contributed by atoms with Crippen LogP contribution in [-0.4, -0.2) is 57.2 Å². The fourth-order valence-electron chi connectivity index (χ4n) is 2.77. The number of tetrazole rings is 1. The summed E-state index contributed by atoms with van der Waals surface area (Å²) in [5, 5.41) is 16.0. The molecule has 0 radical (unpaired) electrons. The molecule has 1 amide bonds. The summed E-state index contributed by atoms with van der Waals surface area (Å²) in [6.45, 7) is 7.13. The second-order valence-electron chi connectivity index (χ2n) is 6.06. The largest absolute Gasteiger partial charge is 0.338 e. The van der Waals surface area contributed by atoms with Crippen LogP contribution in [0.25, 0.3) is 11.4 Å². The van der Waals surface area contributed by atoms with Crippen LogP contribution in [0.3, 0.4) is 0 Å². The summed E-state index contributed by atoms with van der Waals surface area (Å²) >= 11 is 0. The number of piperazine rings is 1. The van der Waals surface area contributed by atoms with Gasteiger partial charge in [0.2, 0.25) is 11.7 Å². The van der Waals surface area contributed by atoms with Crippen LogP contribution in [0.4, 0.5) is 0 Å². The molecular weight excluding hydrogens is 292 g/mol. The van der Waals surface area contributed by atoms with Gasteiger partial charge >= 0.3 is 0 Å². The summed E-state index contributed by atoms with van der Waals surface area (Å²) in [7, 11) is 0. The van der Waals surface area contributed by atoms with E-state index in [-0.39, 0.29) is 11.8 Å². The van der Waals surface area contributed by atoms with Crippen molar-refractivity contribution >= 4 is 5.91 Å². The third-order valence-electron chi connectivity index (χ3n) is 4.02. The third-order valence-corrected chi connectivity index (χ3v) is 4.02. The Labute approximate surface area is 135 Å². The molecule has 1 aliphatic rings. The molecule has 1 aromatic carbocycles. The zero-order chi connectivity index (χ0) is 16.2. The van der Waals surface area contributed by atoms with Gasteiger partial charge in [0.15, 0.2) is 6.04 Å². The summed E-state index contributed by atoms with van der Waals surface area (Å²) in [6, 6.07) is 9.26. The van der Waals surface area contributed by atoms with E-state index in [2.05, 4.69) is 20.7 Å². The Kier molecular flexibility index (Phi) is 4.66. The van der Waals surface area contributed by atoms with Crippen LogP contribution in [0.1, 0.15) is 19.9 Å². The van der Waals surface area contributed by atoms with E-state index in [1.807, 2.05) is 49.1 Å². The molecule has 23 heavy (non-hydrogen) atoms. The zero-order valence-corrected chi connectivity index (χ0v) is 13.5. The second kappa shape index (κ2) is 6.87. The molecule has 122 valence electrons. The van der Waals surface area contributed by atoms with Gasteiger partial charge in [0, 0.05) is 31.7 Å². The highest BCUT2D eigenvalue weighted by atomic mass is 16.2. The first-order valence-corrected chi connectivity index (χ1v) is 8.01. The fraction of sp³-hybridized carbons (Fsp3) is 0.500. The zero-order valence-electron chi connectivity index (χ0n) is 13.5. The van der Waals surface area contributed by atoms with E-state index in [0.29, 0.717) is 5.82 Å². The maximum atomic E-state index is 12.9. The number of hydrogen-bond acceptors (Lipinski definition) is 5. The van der Waals surface area contributed by atoms with Crippen molar-refractivity contribution in [2.24, 2.45) is 5.92 Å². The van der Waals surface area contributed by atoms with Crippen LogP contribution in [0, 0.1) is 5.92 Å². The third kappa shape index (κ3) is 3.39. The lowest BCUT2D eigenvalue weighted by atomic mass is 10.0. The Bertz CT molecular complexity index is 648. The first kappa shape index (κ1) is 15.6. The topological polar surface area (TPSA) is 75.9 Å². The van der Waals surface area contributed by atoms with Crippen LogP contribution in [0.15, 0.2) is 30.3 Å². The van der Waals surface area contributed by atoms with Crippen LogP contribution in [0.2, 0.25) is 0 Å². The van der Waals surface area contributed by atoms with Gasteiger partial charge in [-0.25, -0.2) is 0 Å². The molecule has 7 heteroatoms. The van der Waals surface area contributed by atoms with Crippen molar-refractivity contribution in [2.75, 3.05) is 26.2 Å². The molecule has 1 fully saturated rings. The first-order valence-electron chi connectivity index (χ1n) is 8.01. The van der Waals surface area contributed by atoms with E-state index in [0.717, 1.165) is 31.7 Å². The van der Waals surface area contributed by atoms with Gasteiger partial charge < -0.3 is 10.2 Å². The Hall–Kier alpha value is -2.28. The minimum Gasteiger partial charge on any atom is -0.338 e. The van der Waals surface area contributed by atoms with Gasteiger partial charge in [0.25, 0.3) is 0 Å². The minimum absolute atomic E-state index is 0.0681. The van der Waals surface area contributed by atoms with Crippen LogP contribution >= 0.6 is 0 Å². The van der Waals surface area contributed by atoms with Crippen molar-refractivity contribution < 1.29 is 4.79 Å². The minimum atomic E-state index is -0.418. The van der Waals surface area contributed by atoms with Gasteiger partial charge in [0.1, 0.15) is 0 Å². The van der Waals surface area contributed by atoms with E-state index in [1.165, 1.54) is 4.80 Å². The summed E-state index contributed by atoms with van der Waals surface area (Å²) in [5.74, 6) is 0.707. The quantitative estimate of drug-likeness (QED) is 0.910. The van der Waals surface area contributed by atoms with Gasteiger partial charge in [0.05, 0.1) is 0 Å². The maximum Gasteiger partial charge on any atom is 0.249 e. The highest BCUT2D eigenvalue weighted by molar-refractivity contribution is 5.80. The number of nitrogens with zero attached hydrogens (tertiary/aromatic N) is 5. The second-order valence-corrected chi connectivity index (χ2v) is 6.06. The molecular formula is C16H22N6O. The average Bonchev–Trinajstić information content (AvgIpc) is 3.06. The van der Waals surface area contributed by atoms with Crippen LogP contribution in [-0.2, 0) is 4.79 Å². The van der Waals surface area contributed by atoms with E-state index in [4.69, 9.17) is 0 Å². The lowest BCUT2D eigenvalue weighted by molar-refractivity contribution is -0.137. The van der Waals surface area contributed by atoms with Crippen molar-refractivity contribution in [1.29, 1.82) is 0 Å². The lowest BCUT2D eigenvalue weighted by Crippen LogP contribution is -2.49. The molecule has 0 bridgehead atoms. The predicted molar refractivity (Wildman–Crippen MR) is 86.6 cm³/mol. The van der Waals surface area contributed by atoms with Gasteiger partial charge in [-0.15, -0.1) is 10.2 Å². The van der Waals surface area contributed by atoms with Crippen LogP contribution in [0.5, 0.6) is 0 Å². The molecule has 0 aliphatic carbocycles. The summed E-state index contributed by atoms with van der Waals surface area (Å²) < 4.78 is 0. The van der Waals surface area contributed by atoms with Gasteiger partial charge in [-0.1, -0.05) is 44.2 Å². The molecule has 1 N–H and O–H groups in total. The van der Waals surface area contributed by atoms with Crippen molar-refractivity contribution in [3.05, 3.63) is 30.3 Å². The first-order chi connectivity index (χ1) is 11.2. The van der Waals surface area contributed by atoms with Gasteiger partial charge in [-0.05, 0) is 11.1 Å². The summed E-state index contributed by atoms with van der Waals surface area (Å²) in [4.78, 5) is 16.2. The highest BCUT2D eigenvalue weighted by Gasteiger charge is 2.31. The Balaban J connectivity index is 1.84. The number of aromatic nitrogens is 4. The molecule has 1 saturated heterocycles. The number of nitrogens with one attached hydrogen (secondary N) is 1. The molecule has 0 spiro atoms. The molecule has 1 aromatic heterocycles. The molecule has 7 nitrogen and oxygen atoms in total. The fourth-order valence-corrected chi connectivity index (χ4v) is 2.77. The van der Waals surface area contributed by atoms with E-state index in [1.54, 1.807) is 0 Å². The monoisotopic (exact) mass is 314 g/mol. The van der Waals surface area contributed by atoms with Crippen molar-refractivity contribution in [1.82, 2.24) is 30.4 Å². The lowest BCUT2D eigenvalue weighted by Gasteiger charge is -2.31. The van der Waals surface area contributed by atoms with E-state index < -0.39 is 6.04 Å². The average molecular weight is 314 g/mol. The summed E-state index contributed by atoms with van der Waals surface area (Å²) in [6.07, 6.45) is 0. The molecule has 1 aliphatic heterocycles. The Morgan fingerprint density at radius 3 is 2.52 bits per heavy atom. The normalized spacial score (nSPS) is 16.6. The molecule has 0 saturated carbocycles. The SMILES string of the molecule is CC(C)C(C(=O)N1CCNCC1)n1nnc(-c2ccccc2)n1. The number of hydrogen-bond donors (Lipinski definition) is 1. The van der Waals surface area contributed by atoms with Crippen molar-refractivity contribution in [2.45, 2.75) is 19.9 Å². The molecule has 3 rings (SSSR count). The Morgan fingerprint density at radius 1 is 1.17 bits per heavy atom. The molecule has 1 unspecified atom stereocenters. The number of amides is 1. The number of carbonyl (C=O) groups excluding carboxylic acids is 1. The van der Waals surface area contributed by atoms with Crippen molar-refractivity contribution in [3.63, 3.8) is 0 Å². The van der Waals surface area contributed by atoms with Gasteiger partial charge in [-0.3, -0.25) is 4.79 Å². The predicted octanol–water partition coefficient (Wildman–Crippen LogP) is 0.969. The van der Waals surface area contributed by atoms with Crippen molar-refractivity contribution in [3.8, 4) is 11.4 Å². The van der Waals surface area contributed by atoms with E-state index >= 15 is 0 Å². The number of rotatable bonds is 4. The maximum absolute atomic E-state index is 12.9. The molecule has 2 heterocycles. The standard InChI is InChI=1S/C16H22N6O/c1-12(2)14(16(23)21-10-8-17-9-11-21)22-19-15(18-20-22)13-6-4-3-5-7-13/h3-7,12,14,17H,8-11H2,1-2H3. The van der Waals surface area contributed by atoms with E-state index in [9.17, 15) is 4.79 Å². The Morgan fingerprint density at radius 2 is 1.87 bits per heavy atom. The van der Waals surface area contributed by atoms with Gasteiger partial charge in [-0.2, -0.15) is 4.80 Å². The number of carbonyl (C=O) groups is 1. The highest BCUT2D eigenvalue weighted by Crippen LogP contribution is 2.21. The van der Waals surface area contributed by atoms with Crippen LogP contribution < -0.4 is 5.32 Å².